The molecule has 3 aromatic heterocycles. The smallest absolute Gasteiger partial charge is 0.261 e. The van der Waals surface area contributed by atoms with Crippen LogP contribution in [0.3, 0.4) is 0 Å². The van der Waals surface area contributed by atoms with Crippen LogP contribution >= 0.6 is 0 Å². The second-order valence-corrected chi connectivity index (χ2v) is 4.93. The summed E-state index contributed by atoms with van der Waals surface area (Å²) < 4.78 is 1.63. The Morgan fingerprint density at radius 1 is 1.14 bits per heavy atom. The maximum atomic E-state index is 12.5. The van der Waals surface area contributed by atoms with Gasteiger partial charge in [0.05, 0.1) is 30.0 Å². The molecular weight excluding hydrogens is 264 g/mol. The number of H-pyrrole nitrogens is 1. The fraction of sp³-hybridized carbons (Fsp3) is 0.0625. The molecule has 0 saturated heterocycles. The highest BCUT2D eigenvalue weighted by atomic mass is 16.1. The summed E-state index contributed by atoms with van der Waals surface area (Å²) in [5.74, 6) is 0. The van der Waals surface area contributed by atoms with Gasteiger partial charge in [0.1, 0.15) is 0 Å². The molecule has 0 spiro atoms. The van der Waals surface area contributed by atoms with E-state index in [1.165, 1.54) is 0 Å². The largest absolute Gasteiger partial charge is 0.361 e. The molecule has 21 heavy (non-hydrogen) atoms. The maximum Gasteiger partial charge on any atom is 0.261 e. The van der Waals surface area contributed by atoms with Gasteiger partial charge in [-0.3, -0.25) is 14.3 Å². The number of aromatic nitrogens is 4. The van der Waals surface area contributed by atoms with Crippen molar-refractivity contribution in [2.75, 3.05) is 0 Å². The van der Waals surface area contributed by atoms with E-state index in [4.69, 9.17) is 0 Å². The number of benzene rings is 1. The molecule has 5 heteroatoms. The van der Waals surface area contributed by atoms with Gasteiger partial charge in [0.2, 0.25) is 0 Å². The number of hydrogen-bond acceptors (Lipinski definition) is 3. The first kappa shape index (κ1) is 11.8. The van der Waals surface area contributed by atoms with Crippen molar-refractivity contribution in [2.45, 2.75) is 6.54 Å². The number of aromatic amines is 1. The number of nitrogens with zero attached hydrogens (tertiary/aromatic N) is 3. The second-order valence-electron chi connectivity index (χ2n) is 4.93. The van der Waals surface area contributed by atoms with E-state index in [2.05, 4.69) is 15.0 Å². The van der Waals surface area contributed by atoms with Crippen LogP contribution in [0.5, 0.6) is 0 Å². The molecule has 3 heterocycles. The quantitative estimate of drug-likeness (QED) is 0.611. The zero-order valence-corrected chi connectivity index (χ0v) is 11.2. The number of pyridine rings is 1. The Kier molecular flexibility index (Phi) is 2.57. The van der Waals surface area contributed by atoms with Crippen molar-refractivity contribution in [2.24, 2.45) is 0 Å². The SMILES string of the molecule is O=c1c2ccncc2ncn1Cc1cccc2[nH]ccc12. The van der Waals surface area contributed by atoms with Crippen molar-refractivity contribution in [1.29, 1.82) is 0 Å². The normalized spacial score (nSPS) is 11.2. The molecule has 4 aromatic rings. The minimum atomic E-state index is -0.0464. The second kappa shape index (κ2) is 4.56. The molecule has 0 aliphatic heterocycles. The molecule has 1 aromatic carbocycles. The van der Waals surface area contributed by atoms with Crippen LogP contribution in [0.15, 0.2) is 60.0 Å². The number of fused-ring (bicyclic) bond motifs is 2. The average Bonchev–Trinajstić information content (AvgIpc) is 3.00. The van der Waals surface area contributed by atoms with Crippen LogP contribution in [-0.2, 0) is 6.54 Å². The lowest BCUT2D eigenvalue weighted by Gasteiger charge is -2.07. The third-order valence-electron chi connectivity index (χ3n) is 3.65. The van der Waals surface area contributed by atoms with Crippen LogP contribution in [0.2, 0.25) is 0 Å². The first-order chi connectivity index (χ1) is 10.3. The van der Waals surface area contributed by atoms with Crippen molar-refractivity contribution in [3.63, 3.8) is 0 Å². The summed E-state index contributed by atoms with van der Waals surface area (Å²) in [5, 5.41) is 1.72. The topological polar surface area (TPSA) is 63.6 Å². The highest BCUT2D eigenvalue weighted by Gasteiger charge is 2.07. The fourth-order valence-corrected chi connectivity index (χ4v) is 2.59. The van der Waals surface area contributed by atoms with E-state index in [0.29, 0.717) is 17.4 Å². The van der Waals surface area contributed by atoms with E-state index < -0.39 is 0 Å². The van der Waals surface area contributed by atoms with Gasteiger partial charge in [0.15, 0.2) is 0 Å². The Hall–Kier alpha value is -2.95. The third-order valence-corrected chi connectivity index (χ3v) is 3.65. The Morgan fingerprint density at radius 3 is 3.05 bits per heavy atom. The first-order valence-corrected chi connectivity index (χ1v) is 6.67. The van der Waals surface area contributed by atoms with Gasteiger partial charge in [-0.15, -0.1) is 0 Å². The van der Waals surface area contributed by atoms with Crippen LogP contribution in [0.1, 0.15) is 5.56 Å². The summed E-state index contributed by atoms with van der Waals surface area (Å²) >= 11 is 0. The van der Waals surface area contributed by atoms with E-state index in [0.717, 1.165) is 16.5 Å². The molecule has 1 N–H and O–H groups in total. The van der Waals surface area contributed by atoms with Crippen LogP contribution in [0, 0.1) is 0 Å². The minimum absolute atomic E-state index is 0.0464. The Labute approximate surface area is 119 Å². The van der Waals surface area contributed by atoms with Gasteiger partial charge < -0.3 is 4.98 Å². The Morgan fingerprint density at radius 2 is 2.10 bits per heavy atom. The van der Waals surface area contributed by atoms with E-state index in [-0.39, 0.29) is 5.56 Å². The van der Waals surface area contributed by atoms with E-state index in [9.17, 15) is 4.79 Å². The molecular formula is C16H12N4O. The number of hydrogen-bond donors (Lipinski definition) is 1. The minimum Gasteiger partial charge on any atom is -0.361 e. The lowest BCUT2D eigenvalue weighted by atomic mass is 10.1. The van der Waals surface area contributed by atoms with Gasteiger partial charge >= 0.3 is 0 Å². The number of nitrogens with one attached hydrogen (secondary N) is 1. The molecule has 0 aliphatic rings. The van der Waals surface area contributed by atoms with Crippen molar-refractivity contribution < 1.29 is 0 Å². The van der Waals surface area contributed by atoms with Gasteiger partial charge in [0, 0.05) is 23.3 Å². The van der Waals surface area contributed by atoms with Crippen molar-refractivity contribution in [1.82, 2.24) is 19.5 Å². The summed E-state index contributed by atoms with van der Waals surface area (Å²) in [6.45, 7) is 0.499. The van der Waals surface area contributed by atoms with Crippen LogP contribution in [0.4, 0.5) is 0 Å². The summed E-state index contributed by atoms with van der Waals surface area (Å²) in [4.78, 5) is 24.0. The van der Waals surface area contributed by atoms with Gasteiger partial charge in [-0.1, -0.05) is 12.1 Å². The predicted molar refractivity (Wildman–Crippen MR) is 81.2 cm³/mol. The zero-order valence-electron chi connectivity index (χ0n) is 11.2. The average molecular weight is 276 g/mol. The molecule has 4 rings (SSSR count). The molecule has 0 unspecified atom stereocenters. The zero-order chi connectivity index (χ0) is 14.2. The van der Waals surface area contributed by atoms with Gasteiger partial charge in [-0.2, -0.15) is 0 Å². The molecule has 0 atom stereocenters. The standard InChI is InChI=1S/C16H12N4O/c21-16-13-4-6-17-8-15(13)19-10-20(16)9-11-2-1-3-14-12(11)5-7-18-14/h1-8,10,18H,9H2. The fourth-order valence-electron chi connectivity index (χ4n) is 2.59. The molecule has 0 saturated carbocycles. The molecule has 0 fully saturated rings. The van der Waals surface area contributed by atoms with E-state index in [1.54, 1.807) is 29.4 Å². The van der Waals surface area contributed by atoms with Crippen LogP contribution in [-0.4, -0.2) is 19.5 Å². The Bertz CT molecular complexity index is 1000. The molecule has 5 nitrogen and oxygen atoms in total. The third kappa shape index (κ3) is 1.90. The lowest BCUT2D eigenvalue weighted by molar-refractivity contribution is 0.752. The summed E-state index contributed by atoms with van der Waals surface area (Å²) in [6, 6.07) is 9.76. The van der Waals surface area contributed by atoms with E-state index >= 15 is 0 Å². The first-order valence-electron chi connectivity index (χ1n) is 6.67. The Balaban J connectivity index is 1.86. The van der Waals surface area contributed by atoms with Crippen LogP contribution < -0.4 is 5.56 Å². The summed E-state index contributed by atoms with van der Waals surface area (Å²) in [6.07, 6.45) is 6.70. The summed E-state index contributed by atoms with van der Waals surface area (Å²) in [5.41, 5.74) is 2.73. The van der Waals surface area contributed by atoms with Gasteiger partial charge in [-0.05, 0) is 23.8 Å². The summed E-state index contributed by atoms with van der Waals surface area (Å²) in [7, 11) is 0. The van der Waals surface area contributed by atoms with Gasteiger partial charge in [0.25, 0.3) is 5.56 Å². The van der Waals surface area contributed by atoms with Crippen molar-refractivity contribution in [3.05, 3.63) is 71.2 Å². The lowest BCUT2D eigenvalue weighted by Crippen LogP contribution is -2.21. The highest BCUT2D eigenvalue weighted by molar-refractivity contribution is 5.83. The van der Waals surface area contributed by atoms with Crippen LogP contribution in [0.25, 0.3) is 21.8 Å². The molecule has 0 radical (unpaired) electrons. The number of rotatable bonds is 2. The maximum absolute atomic E-state index is 12.5. The van der Waals surface area contributed by atoms with Crippen molar-refractivity contribution >= 4 is 21.8 Å². The van der Waals surface area contributed by atoms with E-state index in [1.807, 2.05) is 30.5 Å². The molecule has 0 aliphatic carbocycles. The molecule has 0 amide bonds. The molecule has 102 valence electrons. The van der Waals surface area contributed by atoms with Gasteiger partial charge in [-0.25, -0.2) is 4.98 Å². The predicted octanol–water partition coefficient (Wildman–Crippen LogP) is 2.32. The van der Waals surface area contributed by atoms with Crippen molar-refractivity contribution in [3.8, 4) is 0 Å². The highest BCUT2D eigenvalue weighted by Crippen LogP contribution is 2.18. The monoisotopic (exact) mass is 276 g/mol. The molecule has 0 bridgehead atoms.